The maximum Gasteiger partial charge on any atom is 0.289 e. The van der Waals surface area contributed by atoms with Crippen molar-refractivity contribution in [2.24, 2.45) is 12.0 Å². The van der Waals surface area contributed by atoms with E-state index in [4.69, 9.17) is 16.3 Å². The molecule has 158 valence electrons. The maximum atomic E-state index is 13.3. The molecule has 1 aromatic heterocycles. The average Bonchev–Trinajstić information content (AvgIpc) is 3.12. The summed E-state index contributed by atoms with van der Waals surface area (Å²) >= 11 is 6.29. The molecule has 12 heteroatoms. The molecule has 0 radical (unpaired) electrons. The average molecular weight is 434 g/mol. The van der Waals surface area contributed by atoms with Gasteiger partial charge in [-0.15, -0.1) is 0 Å². The Morgan fingerprint density at radius 1 is 1.37 bits per heavy atom. The van der Waals surface area contributed by atoms with Crippen molar-refractivity contribution >= 4 is 46.7 Å². The Kier molecular flexibility index (Phi) is 6.40. The molecule has 1 aromatic carbocycles. The Bertz CT molecular complexity index is 1020. The number of carbonyl (C=O) groups is 3. The van der Waals surface area contributed by atoms with Crippen LogP contribution in [0.2, 0.25) is 5.02 Å². The van der Waals surface area contributed by atoms with Crippen LogP contribution in [-0.4, -0.2) is 56.8 Å². The second-order valence-electron chi connectivity index (χ2n) is 6.51. The van der Waals surface area contributed by atoms with Gasteiger partial charge in [0.25, 0.3) is 11.8 Å². The van der Waals surface area contributed by atoms with E-state index in [2.05, 4.69) is 25.8 Å². The van der Waals surface area contributed by atoms with Crippen LogP contribution in [-0.2, 0) is 21.4 Å². The third-order valence-electron chi connectivity index (χ3n) is 4.59. The zero-order valence-corrected chi connectivity index (χ0v) is 17.4. The molecule has 1 unspecified atom stereocenters. The molecule has 0 bridgehead atoms. The minimum Gasteiger partial charge on any atom is -0.497 e. The molecule has 0 spiro atoms. The van der Waals surface area contributed by atoms with E-state index in [0.29, 0.717) is 18.6 Å². The summed E-state index contributed by atoms with van der Waals surface area (Å²) in [5.74, 6) is -1.68. The lowest BCUT2D eigenvalue weighted by atomic mass is 10.1. The van der Waals surface area contributed by atoms with E-state index >= 15 is 0 Å². The fraction of sp³-hybridized carbons (Fsp3) is 0.389. The first-order valence-corrected chi connectivity index (χ1v) is 9.55. The van der Waals surface area contributed by atoms with Crippen LogP contribution in [0.25, 0.3) is 0 Å². The molecule has 2 aromatic rings. The van der Waals surface area contributed by atoms with Crippen LogP contribution in [0.1, 0.15) is 26.2 Å². The molecule has 2 heterocycles. The molecule has 1 N–H and O–H groups in total. The molecule has 1 aliphatic heterocycles. The number of hydrogen-bond acceptors (Lipinski definition) is 8. The molecule has 30 heavy (non-hydrogen) atoms. The number of aryl methyl sites for hydroxylation is 1. The Morgan fingerprint density at radius 2 is 2.13 bits per heavy atom. The predicted octanol–water partition coefficient (Wildman–Crippen LogP) is 1.38. The van der Waals surface area contributed by atoms with E-state index in [0.717, 1.165) is 4.90 Å². The molecule has 1 aliphatic rings. The van der Waals surface area contributed by atoms with E-state index in [-0.39, 0.29) is 29.1 Å². The third kappa shape index (κ3) is 4.30. The van der Waals surface area contributed by atoms with Gasteiger partial charge in [-0.3, -0.25) is 24.7 Å². The van der Waals surface area contributed by atoms with E-state index in [1.54, 1.807) is 6.07 Å². The van der Waals surface area contributed by atoms with Crippen molar-refractivity contribution in [3.05, 3.63) is 23.2 Å². The molecular weight excluding hydrogens is 414 g/mol. The van der Waals surface area contributed by atoms with Gasteiger partial charge in [-0.05, 0) is 35.4 Å². The molecule has 3 amide bonds. The number of halogens is 1. The Balaban J connectivity index is 2.02. The fourth-order valence-electron chi connectivity index (χ4n) is 2.91. The normalized spacial score (nSPS) is 17.3. The quantitative estimate of drug-likeness (QED) is 0.704. The van der Waals surface area contributed by atoms with Gasteiger partial charge in [0.15, 0.2) is 5.71 Å². The van der Waals surface area contributed by atoms with Gasteiger partial charge in [-0.2, -0.15) is 0 Å². The second-order valence-corrected chi connectivity index (χ2v) is 6.92. The Labute approximate surface area is 177 Å². The van der Waals surface area contributed by atoms with Crippen molar-refractivity contribution in [2.75, 3.05) is 17.3 Å². The van der Waals surface area contributed by atoms with E-state index in [1.165, 1.54) is 31.0 Å². The summed E-state index contributed by atoms with van der Waals surface area (Å²) in [5.41, 5.74) is -0.284. The number of nitrogens with one attached hydrogen (secondary N) is 1. The number of methoxy groups -OCH3 is 1. The number of tetrazole rings is 1. The number of rotatable bonds is 5. The highest BCUT2D eigenvalue weighted by atomic mass is 35.5. The summed E-state index contributed by atoms with van der Waals surface area (Å²) in [7, 11) is 3.00. The van der Waals surface area contributed by atoms with Gasteiger partial charge in [0.1, 0.15) is 5.75 Å². The van der Waals surface area contributed by atoms with Gasteiger partial charge in [0, 0.05) is 19.5 Å². The number of ether oxygens (including phenoxy) is 1. The summed E-state index contributed by atoms with van der Waals surface area (Å²) in [6.07, 6.45) is 1.03. The summed E-state index contributed by atoms with van der Waals surface area (Å²) in [5, 5.41) is 13.3. The summed E-state index contributed by atoms with van der Waals surface area (Å²) < 4.78 is 6.34. The largest absolute Gasteiger partial charge is 0.497 e. The fourth-order valence-corrected chi connectivity index (χ4v) is 3.17. The lowest BCUT2D eigenvalue weighted by Gasteiger charge is -2.26. The second kappa shape index (κ2) is 8.99. The molecule has 0 saturated carbocycles. The minimum absolute atomic E-state index is 0.0333. The van der Waals surface area contributed by atoms with E-state index in [9.17, 15) is 14.4 Å². The zero-order valence-electron chi connectivity index (χ0n) is 16.6. The van der Waals surface area contributed by atoms with Crippen LogP contribution < -0.4 is 15.0 Å². The number of aliphatic imine (C=N–C) groups is 1. The first-order chi connectivity index (χ1) is 14.3. The van der Waals surface area contributed by atoms with Crippen molar-refractivity contribution in [3.8, 4) is 5.75 Å². The van der Waals surface area contributed by atoms with Gasteiger partial charge >= 0.3 is 0 Å². The number of amides is 3. The summed E-state index contributed by atoms with van der Waals surface area (Å²) in [4.78, 5) is 44.2. The van der Waals surface area contributed by atoms with Crippen molar-refractivity contribution in [2.45, 2.75) is 32.2 Å². The van der Waals surface area contributed by atoms with Gasteiger partial charge in [0.2, 0.25) is 11.9 Å². The molecule has 0 fully saturated rings. The van der Waals surface area contributed by atoms with Gasteiger partial charge in [-0.1, -0.05) is 23.6 Å². The zero-order chi connectivity index (χ0) is 21.8. The first kappa shape index (κ1) is 21.4. The number of anilines is 2. The maximum absolute atomic E-state index is 13.3. The van der Waals surface area contributed by atoms with Crippen LogP contribution in [0, 0.1) is 0 Å². The van der Waals surface area contributed by atoms with Crippen molar-refractivity contribution in [1.82, 2.24) is 20.2 Å². The third-order valence-corrected chi connectivity index (χ3v) is 4.89. The van der Waals surface area contributed by atoms with Crippen LogP contribution in [0.5, 0.6) is 5.75 Å². The molecule has 11 nitrogen and oxygen atoms in total. The number of aromatic nitrogens is 4. The smallest absolute Gasteiger partial charge is 0.289 e. The number of imide groups is 1. The van der Waals surface area contributed by atoms with E-state index in [1.807, 2.05) is 6.92 Å². The van der Waals surface area contributed by atoms with Gasteiger partial charge in [-0.25, -0.2) is 9.58 Å². The number of nitrogens with zero attached hydrogens (tertiary/aromatic N) is 6. The highest BCUT2D eigenvalue weighted by Gasteiger charge is 2.35. The highest BCUT2D eigenvalue weighted by Crippen LogP contribution is 2.31. The van der Waals surface area contributed by atoms with Crippen molar-refractivity contribution in [1.29, 1.82) is 0 Å². The number of hydrogen-bond donors (Lipinski definition) is 1. The molecule has 0 aliphatic carbocycles. The standard InChI is InChI=1S/C18H20ClN7O4/c1-4-10-5-8-14(27)26(13-7-6-11(30-3)9-12(13)19)17(29)15(20-10)16(28)21-18-22-23-24-25(18)2/h6-7,9-10H,4-5,8H2,1-3H3,(H,21,22,24,28). The van der Waals surface area contributed by atoms with Crippen LogP contribution >= 0.6 is 11.6 Å². The van der Waals surface area contributed by atoms with Crippen LogP contribution in [0.4, 0.5) is 11.6 Å². The lowest BCUT2D eigenvalue weighted by molar-refractivity contribution is -0.124. The Morgan fingerprint density at radius 3 is 2.73 bits per heavy atom. The molecule has 0 saturated heterocycles. The van der Waals surface area contributed by atoms with Crippen LogP contribution in [0.15, 0.2) is 23.2 Å². The minimum atomic E-state index is -0.877. The lowest BCUT2D eigenvalue weighted by Crippen LogP contribution is -2.47. The molecule has 3 rings (SSSR count). The summed E-state index contributed by atoms with van der Waals surface area (Å²) in [6, 6.07) is 4.17. The molecule has 1 atom stereocenters. The predicted molar refractivity (Wildman–Crippen MR) is 109 cm³/mol. The van der Waals surface area contributed by atoms with Crippen LogP contribution in [0.3, 0.4) is 0 Å². The van der Waals surface area contributed by atoms with Crippen molar-refractivity contribution < 1.29 is 19.1 Å². The van der Waals surface area contributed by atoms with Gasteiger partial charge in [0.05, 0.1) is 23.9 Å². The van der Waals surface area contributed by atoms with Gasteiger partial charge < -0.3 is 4.74 Å². The topological polar surface area (TPSA) is 132 Å². The monoisotopic (exact) mass is 433 g/mol. The first-order valence-electron chi connectivity index (χ1n) is 9.18. The van der Waals surface area contributed by atoms with E-state index < -0.39 is 23.4 Å². The number of benzene rings is 1. The SMILES string of the molecule is CCC1CCC(=O)N(c2ccc(OC)cc2Cl)C(=O)C(C(=O)Nc2nnnn2C)=N1. The highest BCUT2D eigenvalue weighted by molar-refractivity contribution is 6.71. The summed E-state index contributed by atoms with van der Waals surface area (Å²) in [6.45, 7) is 1.87. The van der Waals surface area contributed by atoms with Crippen molar-refractivity contribution in [3.63, 3.8) is 0 Å². The Hall–Kier alpha value is -3.34. The molecular formula is C18H20ClN7O4. The number of carbonyl (C=O) groups excluding carboxylic acids is 3.